The highest BCUT2D eigenvalue weighted by molar-refractivity contribution is 5.38. The van der Waals surface area contributed by atoms with Gasteiger partial charge in [0, 0.05) is 24.4 Å². The lowest BCUT2D eigenvalue weighted by atomic mass is 10.00. The van der Waals surface area contributed by atoms with Gasteiger partial charge in [0.05, 0.1) is 7.11 Å². The molecule has 2 rings (SSSR count). The first-order valence-corrected chi connectivity index (χ1v) is 6.46. The van der Waals surface area contributed by atoms with Gasteiger partial charge in [-0.3, -0.25) is 4.98 Å². The van der Waals surface area contributed by atoms with Gasteiger partial charge in [0.1, 0.15) is 5.75 Å². The molecule has 1 N–H and O–H groups in total. The minimum absolute atomic E-state index is 0.240. The number of pyridine rings is 1. The van der Waals surface area contributed by atoms with Crippen molar-refractivity contribution in [3.63, 3.8) is 0 Å². The molecule has 3 heteroatoms. The van der Waals surface area contributed by atoms with E-state index in [2.05, 4.69) is 41.5 Å². The highest BCUT2D eigenvalue weighted by Crippen LogP contribution is 2.24. The minimum Gasteiger partial charge on any atom is -0.496 e. The van der Waals surface area contributed by atoms with Gasteiger partial charge in [-0.2, -0.15) is 0 Å². The Labute approximate surface area is 114 Å². The topological polar surface area (TPSA) is 34.2 Å². The zero-order valence-corrected chi connectivity index (χ0v) is 11.7. The summed E-state index contributed by atoms with van der Waals surface area (Å²) in [6.45, 7) is 2.05. The number of nitrogens with zero attached hydrogens (tertiary/aromatic N) is 1. The molecule has 0 radical (unpaired) electrons. The van der Waals surface area contributed by atoms with E-state index < -0.39 is 0 Å². The normalized spacial score (nSPS) is 12.2. The molecule has 2 aromatic rings. The Morgan fingerprint density at radius 1 is 1.26 bits per heavy atom. The second-order valence-electron chi connectivity index (χ2n) is 4.60. The third-order valence-electron chi connectivity index (χ3n) is 3.32. The molecule has 0 bridgehead atoms. The van der Waals surface area contributed by atoms with E-state index in [1.54, 1.807) is 7.11 Å². The van der Waals surface area contributed by atoms with Gasteiger partial charge in [0.15, 0.2) is 0 Å². The zero-order valence-electron chi connectivity index (χ0n) is 11.7. The summed E-state index contributed by atoms with van der Waals surface area (Å²) < 4.78 is 5.39. The van der Waals surface area contributed by atoms with E-state index >= 15 is 0 Å². The molecule has 0 saturated carbocycles. The van der Waals surface area contributed by atoms with Gasteiger partial charge in [-0.05, 0) is 43.3 Å². The average Bonchev–Trinajstić information content (AvgIpc) is 2.46. The lowest BCUT2D eigenvalue weighted by Gasteiger charge is -2.18. The molecule has 0 aliphatic carbocycles. The van der Waals surface area contributed by atoms with Crippen LogP contribution >= 0.6 is 0 Å². The molecular weight excluding hydrogens is 236 g/mol. The van der Waals surface area contributed by atoms with E-state index in [-0.39, 0.29) is 6.04 Å². The average molecular weight is 256 g/mol. The fraction of sp³-hybridized carbons (Fsp3) is 0.312. The number of nitrogens with one attached hydrogen (secondary N) is 1. The lowest BCUT2D eigenvalue weighted by molar-refractivity contribution is 0.410. The van der Waals surface area contributed by atoms with Crippen molar-refractivity contribution in [1.82, 2.24) is 10.3 Å². The summed E-state index contributed by atoms with van der Waals surface area (Å²) in [5, 5.41) is 3.34. The maximum absolute atomic E-state index is 5.39. The molecule has 1 aromatic heterocycles. The molecule has 1 unspecified atom stereocenters. The Balaban J connectivity index is 2.22. The van der Waals surface area contributed by atoms with E-state index in [0.717, 1.165) is 23.4 Å². The Hall–Kier alpha value is -1.87. The van der Waals surface area contributed by atoms with Crippen LogP contribution in [0, 0.1) is 6.92 Å². The molecular formula is C16H20N2O. The summed E-state index contributed by atoms with van der Waals surface area (Å²) in [5.41, 5.74) is 3.45. The van der Waals surface area contributed by atoms with Crippen molar-refractivity contribution in [1.29, 1.82) is 0 Å². The number of hydrogen-bond donors (Lipinski definition) is 1. The van der Waals surface area contributed by atoms with Crippen LogP contribution in [0.3, 0.4) is 0 Å². The first kappa shape index (κ1) is 13.6. The van der Waals surface area contributed by atoms with E-state index in [9.17, 15) is 0 Å². The van der Waals surface area contributed by atoms with Crippen molar-refractivity contribution in [3.8, 4) is 5.75 Å². The molecule has 3 nitrogen and oxygen atoms in total. The second-order valence-corrected chi connectivity index (χ2v) is 4.60. The van der Waals surface area contributed by atoms with E-state index in [1.807, 2.05) is 25.4 Å². The highest BCUT2D eigenvalue weighted by atomic mass is 16.5. The largest absolute Gasteiger partial charge is 0.496 e. The maximum atomic E-state index is 5.39. The maximum Gasteiger partial charge on any atom is 0.122 e. The molecule has 0 fully saturated rings. The molecule has 0 aliphatic rings. The molecule has 19 heavy (non-hydrogen) atoms. The van der Waals surface area contributed by atoms with Crippen molar-refractivity contribution >= 4 is 0 Å². The molecule has 0 aliphatic heterocycles. The van der Waals surface area contributed by atoms with Gasteiger partial charge in [0.25, 0.3) is 0 Å². The third-order valence-corrected chi connectivity index (χ3v) is 3.32. The predicted molar refractivity (Wildman–Crippen MR) is 77.5 cm³/mol. The van der Waals surface area contributed by atoms with Crippen LogP contribution in [-0.2, 0) is 6.42 Å². The Morgan fingerprint density at radius 2 is 2.11 bits per heavy atom. The van der Waals surface area contributed by atoms with Crippen LogP contribution in [-0.4, -0.2) is 19.1 Å². The van der Waals surface area contributed by atoms with Crippen molar-refractivity contribution in [3.05, 3.63) is 59.4 Å². The predicted octanol–water partition coefficient (Wildman–Crippen LogP) is 2.90. The summed E-state index contributed by atoms with van der Waals surface area (Å²) in [6, 6.07) is 12.6. The third kappa shape index (κ3) is 3.32. The summed E-state index contributed by atoms with van der Waals surface area (Å²) in [6.07, 6.45) is 2.70. The lowest BCUT2D eigenvalue weighted by Crippen LogP contribution is -2.19. The van der Waals surface area contributed by atoms with Crippen molar-refractivity contribution in [2.45, 2.75) is 19.4 Å². The van der Waals surface area contributed by atoms with Gasteiger partial charge in [0.2, 0.25) is 0 Å². The van der Waals surface area contributed by atoms with Gasteiger partial charge >= 0.3 is 0 Å². The standard InChI is InChI=1S/C16H20N2O/c1-12-7-8-13(10-16(12)19-3)15(17-2)11-14-6-4-5-9-18-14/h4-10,15,17H,11H2,1-3H3. The number of hydrogen-bond acceptors (Lipinski definition) is 3. The van der Waals surface area contributed by atoms with E-state index in [4.69, 9.17) is 4.74 Å². The number of ether oxygens (including phenoxy) is 1. The number of aromatic nitrogens is 1. The highest BCUT2D eigenvalue weighted by Gasteiger charge is 2.12. The first-order chi connectivity index (χ1) is 9.24. The van der Waals surface area contributed by atoms with Gasteiger partial charge in [-0.25, -0.2) is 0 Å². The monoisotopic (exact) mass is 256 g/mol. The van der Waals surface area contributed by atoms with Gasteiger partial charge < -0.3 is 10.1 Å². The summed E-state index contributed by atoms with van der Waals surface area (Å²) in [7, 11) is 3.68. The number of aryl methyl sites for hydroxylation is 1. The number of likely N-dealkylation sites (N-methyl/N-ethyl adjacent to an activating group) is 1. The van der Waals surface area contributed by atoms with E-state index in [1.165, 1.54) is 5.56 Å². The fourth-order valence-electron chi connectivity index (χ4n) is 2.17. The Morgan fingerprint density at radius 3 is 2.74 bits per heavy atom. The van der Waals surface area contributed by atoms with Crippen LogP contribution < -0.4 is 10.1 Å². The minimum atomic E-state index is 0.240. The Kier molecular flexibility index (Phi) is 4.53. The van der Waals surface area contributed by atoms with E-state index in [0.29, 0.717) is 0 Å². The molecule has 0 amide bonds. The molecule has 1 heterocycles. The molecule has 100 valence electrons. The van der Waals surface area contributed by atoms with Crippen LogP contribution in [0.2, 0.25) is 0 Å². The van der Waals surface area contributed by atoms with Crippen LogP contribution in [0.25, 0.3) is 0 Å². The summed E-state index contributed by atoms with van der Waals surface area (Å²) >= 11 is 0. The van der Waals surface area contributed by atoms with Crippen LogP contribution in [0.5, 0.6) is 5.75 Å². The van der Waals surface area contributed by atoms with Crippen molar-refractivity contribution in [2.24, 2.45) is 0 Å². The first-order valence-electron chi connectivity index (χ1n) is 6.46. The van der Waals surface area contributed by atoms with Crippen LogP contribution in [0.4, 0.5) is 0 Å². The Bertz CT molecular complexity index is 526. The number of methoxy groups -OCH3 is 1. The van der Waals surface area contributed by atoms with Gasteiger partial charge in [-0.15, -0.1) is 0 Å². The quantitative estimate of drug-likeness (QED) is 0.893. The smallest absolute Gasteiger partial charge is 0.122 e. The van der Waals surface area contributed by atoms with Crippen LogP contribution in [0.1, 0.15) is 22.9 Å². The SMILES string of the molecule is CNC(Cc1ccccn1)c1ccc(C)c(OC)c1. The second kappa shape index (κ2) is 6.34. The van der Waals surface area contributed by atoms with Gasteiger partial charge in [-0.1, -0.05) is 18.2 Å². The molecule has 0 spiro atoms. The van der Waals surface area contributed by atoms with Crippen molar-refractivity contribution < 1.29 is 4.74 Å². The van der Waals surface area contributed by atoms with Crippen molar-refractivity contribution in [2.75, 3.05) is 14.2 Å². The molecule has 1 aromatic carbocycles. The number of benzene rings is 1. The summed E-state index contributed by atoms with van der Waals surface area (Å²) in [5.74, 6) is 0.929. The summed E-state index contributed by atoms with van der Waals surface area (Å²) in [4.78, 5) is 4.38. The zero-order chi connectivity index (χ0) is 13.7. The van der Waals surface area contributed by atoms with Crippen LogP contribution in [0.15, 0.2) is 42.6 Å². The molecule has 1 atom stereocenters. The number of rotatable bonds is 5. The molecule has 0 saturated heterocycles. The fourth-order valence-corrected chi connectivity index (χ4v) is 2.17.